The number of ether oxygens (including phenoxy) is 1. The molecule has 1 fully saturated rings. The van der Waals surface area contributed by atoms with Crippen LogP contribution in [0.5, 0.6) is 0 Å². The van der Waals surface area contributed by atoms with Crippen LogP contribution in [0, 0.1) is 0 Å². The molecule has 0 unspecified atom stereocenters. The van der Waals surface area contributed by atoms with Crippen molar-refractivity contribution in [2.75, 3.05) is 19.8 Å². The van der Waals surface area contributed by atoms with Gasteiger partial charge in [-0.05, 0) is 22.9 Å². The predicted octanol–water partition coefficient (Wildman–Crippen LogP) is -1.02. The molecule has 7 heteroatoms. The summed E-state index contributed by atoms with van der Waals surface area (Å²) in [7, 11) is 1.89. The maximum Gasteiger partial charge on any atom is 0.195 e. The highest BCUT2D eigenvalue weighted by molar-refractivity contribution is 9.10. The molecule has 0 N–H and O–H groups in total. The van der Waals surface area contributed by atoms with Crippen molar-refractivity contribution in [3.63, 3.8) is 0 Å². The van der Waals surface area contributed by atoms with Gasteiger partial charge in [0.25, 0.3) is 0 Å². The van der Waals surface area contributed by atoms with Gasteiger partial charge in [-0.25, -0.2) is 9.67 Å². The Morgan fingerprint density at radius 2 is 2.47 bits per heavy atom. The first-order valence-corrected chi connectivity index (χ1v) is 5.85. The number of morpholine rings is 1. The standard InChI is InChI=1S/C8H14BBrN4O/c1-6-4-15-3-2-13(6)5-14-8(10)11-7(9)12-14/h6H,2-5,9H2,1H3/t6-/m1/s1. The summed E-state index contributed by atoms with van der Waals surface area (Å²) in [6, 6.07) is 0.440. The average Bonchev–Trinajstić information content (AvgIpc) is 2.49. The molecule has 0 amide bonds. The van der Waals surface area contributed by atoms with Crippen molar-refractivity contribution in [1.29, 1.82) is 0 Å². The van der Waals surface area contributed by atoms with E-state index in [1.54, 1.807) is 0 Å². The van der Waals surface area contributed by atoms with E-state index in [9.17, 15) is 0 Å². The minimum Gasteiger partial charge on any atom is -0.379 e. The van der Waals surface area contributed by atoms with Crippen LogP contribution in [0.4, 0.5) is 0 Å². The molecule has 15 heavy (non-hydrogen) atoms. The van der Waals surface area contributed by atoms with Crippen molar-refractivity contribution >= 4 is 29.5 Å². The number of aromatic nitrogens is 3. The van der Waals surface area contributed by atoms with Gasteiger partial charge in [0.1, 0.15) is 5.72 Å². The summed E-state index contributed by atoms with van der Waals surface area (Å²) in [5.74, 6) is 0. The van der Waals surface area contributed by atoms with Gasteiger partial charge < -0.3 is 4.74 Å². The van der Waals surface area contributed by atoms with E-state index >= 15 is 0 Å². The molecule has 5 nitrogen and oxygen atoms in total. The summed E-state index contributed by atoms with van der Waals surface area (Å²) in [5.41, 5.74) is 0.794. The molecule has 0 aromatic carbocycles. The summed E-state index contributed by atoms with van der Waals surface area (Å²) < 4.78 is 8.05. The predicted molar refractivity (Wildman–Crippen MR) is 62.9 cm³/mol. The summed E-state index contributed by atoms with van der Waals surface area (Å²) in [5, 5.41) is 4.31. The molecular formula is C8H14BBrN4O. The first-order chi connectivity index (χ1) is 7.16. The highest BCUT2D eigenvalue weighted by Crippen LogP contribution is 2.09. The Bertz CT molecular complexity index is 345. The van der Waals surface area contributed by atoms with Crippen molar-refractivity contribution in [1.82, 2.24) is 19.7 Å². The van der Waals surface area contributed by atoms with Gasteiger partial charge in [-0.1, -0.05) is 0 Å². The second-order valence-corrected chi connectivity index (χ2v) is 4.51. The number of hydrogen-bond donors (Lipinski definition) is 0. The molecule has 1 aliphatic rings. The Balaban J connectivity index is 2.04. The molecule has 2 heterocycles. The molecule has 1 atom stereocenters. The number of hydrogen-bond acceptors (Lipinski definition) is 4. The zero-order valence-corrected chi connectivity index (χ0v) is 10.6. The third kappa shape index (κ3) is 2.59. The molecule has 0 spiro atoms. The van der Waals surface area contributed by atoms with Gasteiger partial charge in [-0.15, -0.1) is 0 Å². The highest BCUT2D eigenvalue weighted by atomic mass is 79.9. The lowest BCUT2D eigenvalue weighted by molar-refractivity contribution is -0.0176. The van der Waals surface area contributed by atoms with Gasteiger partial charge in [0, 0.05) is 12.6 Å². The van der Waals surface area contributed by atoms with Gasteiger partial charge in [0.2, 0.25) is 0 Å². The van der Waals surface area contributed by atoms with E-state index in [-0.39, 0.29) is 0 Å². The molecule has 0 aliphatic carbocycles. The summed E-state index contributed by atoms with van der Waals surface area (Å²) in [6.45, 7) is 5.48. The summed E-state index contributed by atoms with van der Waals surface area (Å²) in [6.07, 6.45) is 0. The quantitative estimate of drug-likeness (QED) is 0.647. The Labute approximate surface area is 98.3 Å². The fourth-order valence-electron chi connectivity index (χ4n) is 1.66. The van der Waals surface area contributed by atoms with Gasteiger partial charge in [-0.3, -0.25) is 4.90 Å². The van der Waals surface area contributed by atoms with Crippen LogP contribution in [0.25, 0.3) is 0 Å². The molecule has 1 aliphatic heterocycles. The van der Waals surface area contributed by atoms with Crippen molar-refractivity contribution < 1.29 is 4.74 Å². The monoisotopic (exact) mass is 272 g/mol. The zero-order chi connectivity index (χ0) is 10.8. The lowest BCUT2D eigenvalue weighted by atomic mass is 10.1. The molecule has 1 aromatic heterocycles. The molecule has 2 rings (SSSR count). The largest absolute Gasteiger partial charge is 0.379 e. The van der Waals surface area contributed by atoms with Crippen molar-refractivity contribution in [3.05, 3.63) is 4.73 Å². The van der Waals surface area contributed by atoms with Crippen LogP contribution < -0.4 is 5.72 Å². The Hall–Kier alpha value is -0.395. The van der Waals surface area contributed by atoms with Crippen LogP contribution in [0.3, 0.4) is 0 Å². The smallest absolute Gasteiger partial charge is 0.195 e. The minimum atomic E-state index is 0.440. The van der Waals surface area contributed by atoms with Crippen LogP contribution in [0.2, 0.25) is 0 Å². The number of rotatable bonds is 2. The molecule has 0 bridgehead atoms. The fraction of sp³-hybridized carbons (Fsp3) is 0.750. The number of halogens is 1. The van der Waals surface area contributed by atoms with E-state index in [1.165, 1.54) is 0 Å². The molecule has 82 valence electrons. The summed E-state index contributed by atoms with van der Waals surface area (Å²) in [4.78, 5) is 6.55. The molecule has 0 saturated carbocycles. The van der Waals surface area contributed by atoms with E-state index in [0.717, 1.165) is 36.9 Å². The van der Waals surface area contributed by atoms with E-state index in [1.807, 2.05) is 12.5 Å². The van der Waals surface area contributed by atoms with Crippen LogP contribution in [0.1, 0.15) is 6.92 Å². The third-order valence-corrected chi connectivity index (χ3v) is 3.14. The lowest BCUT2D eigenvalue weighted by Gasteiger charge is -2.32. The Kier molecular flexibility index (Phi) is 3.43. The van der Waals surface area contributed by atoms with E-state index in [0.29, 0.717) is 6.04 Å². The molecule has 1 aromatic rings. The second kappa shape index (κ2) is 4.63. The fourth-order valence-corrected chi connectivity index (χ4v) is 2.11. The highest BCUT2D eigenvalue weighted by Gasteiger charge is 2.19. The first-order valence-electron chi connectivity index (χ1n) is 5.05. The van der Waals surface area contributed by atoms with Crippen molar-refractivity contribution in [3.8, 4) is 0 Å². The van der Waals surface area contributed by atoms with Gasteiger partial charge in [0.05, 0.1) is 19.9 Å². The van der Waals surface area contributed by atoms with Crippen molar-refractivity contribution in [2.45, 2.75) is 19.6 Å². The maximum absolute atomic E-state index is 5.39. The van der Waals surface area contributed by atoms with E-state index in [2.05, 4.69) is 37.8 Å². The average molecular weight is 273 g/mol. The van der Waals surface area contributed by atoms with Gasteiger partial charge in [0.15, 0.2) is 12.6 Å². The van der Waals surface area contributed by atoms with Gasteiger partial charge >= 0.3 is 0 Å². The third-order valence-electron chi connectivity index (χ3n) is 2.55. The maximum atomic E-state index is 5.39. The Morgan fingerprint density at radius 3 is 3.07 bits per heavy atom. The summed E-state index contributed by atoms with van der Waals surface area (Å²) >= 11 is 3.40. The van der Waals surface area contributed by atoms with Crippen LogP contribution in [-0.2, 0) is 11.4 Å². The topological polar surface area (TPSA) is 43.2 Å². The van der Waals surface area contributed by atoms with Gasteiger partial charge in [-0.2, -0.15) is 5.10 Å². The van der Waals surface area contributed by atoms with Crippen LogP contribution in [-0.4, -0.2) is 53.3 Å². The van der Waals surface area contributed by atoms with Crippen LogP contribution >= 0.6 is 15.9 Å². The normalized spacial score (nSPS) is 23.2. The van der Waals surface area contributed by atoms with E-state index in [4.69, 9.17) is 4.74 Å². The lowest BCUT2D eigenvalue weighted by Crippen LogP contribution is -2.44. The second-order valence-electron chi connectivity index (χ2n) is 3.81. The van der Waals surface area contributed by atoms with Crippen LogP contribution in [0.15, 0.2) is 4.73 Å². The number of nitrogens with zero attached hydrogens (tertiary/aromatic N) is 4. The molecule has 0 radical (unpaired) electrons. The van der Waals surface area contributed by atoms with Crippen molar-refractivity contribution in [2.24, 2.45) is 0 Å². The first kappa shape index (κ1) is 11.1. The van der Waals surface area contributed by atoms with E-state index < -0.39 is 0 Å². The molecule has 1 saturated heterocycles. The minimum absolute atomic E-state index is 0.440. The SMILES string of the molecule is Bc1nc(Br)n(CN2CCOC[C@H]2C)n1. The molecular weight excluding hydrogens is 259 g/mol. The Morgan fingerprint density at radius 1 is 1.67 bits per heavy atom. The zero-order valence-electron chi connectivity index (χ0n) is 8.98.